The van der Waals surface area contributed by atoms with Crippen LogP contribution in [0, 0.1) is 0 Å². The minimum absolute atomic E-state index is 0.198. The molecule has 0 aromatic heterocycles. The van der Waals surface area contributed by atoms with Crippen LogP contribution in [0.5, 0.6) is 0 Å². The van der Waals surface area contributed by atoms with Crippen molar-refractivity contribution in [3.8, 4) is 0 Å². The number of carbonyl (C=O) groups excluding carboxylic acids is 1. The van der Waals surface area contributed by atoms with Crippen molar-refractivity contribution in [2.24, 2.45) is 0 Å². The van der Waals surface area contributed by atoms with Crippen molar-refractivity contribution in [2.75, 3.05) is 20.2 Å². The van der Waals surface area contributed by atoms with E-state index < -0.39 is 0 Å². The summed E-state index contributed by atoms with van der Waals surface area (Å²) in [6.07, 6.45) is 4.94. The Morgan fingerprint density at radius 3 is 2.56 bits per heavy atom. The average molecular weight is 247 g/mol. The average Bonchev–Trinajstić information content (AvgIpc) is 2.89. The van der Waals surface area contributed by atoms with E-state index in [1.807, 2.05) is 6.07 Å². The Hall–Kier alpha value is -1.35. The molecule has 1 aliphatic rings. The van der Waals surface area contributed by atoms with Crippen LogP contribution in [0.15, 0.2) is 30.3 Å². The molecular formula is C15H21NO2. The van der Waals surface area contributed by atoms with Crippen molar-refractivity contribution in [1.29, 1.82) is 0 Å². The molecule has 0 radical (unpaired) electrons. The van der Waals surface area contributed by atoms with Gasteiger partial charge in [0.1, 0.15) is 0 Å². The van der Waals surface area contributed by atoms with Gasteiger partial charge < -0.3 is 10.1 Å². The van der Waals surface area contributed by atoms with Gasteiger partial charge >= 0.3 is 5.97 Å². The number of benzene rings is 1. The number of esters is 1. The van der Waals surface area contributed by atoms with Crippen molar-refractivity contribution >= 4 is 5.97 Å². The van der Waals surface area contributed by atoms with Crippen molar-refractivity contribution in [3.63, 3.8) is 0 Å². The lowest BCUT2D eigenvalue weighted by Gasteiger charge is -2.30. The van der Waals surface area contributed by atoms with E-state index >= 15 is 0 Å². The lowest BCUT2D eigenvalue weighted by atomic mass is 9.79. The zero-order valence-electron chi connectivity index (χ0n) is 10.9. The fraction of sp³-hybridized carbons (Fsp3) is 0.533. The van der Waals surface area contributed by atoms with Crippen LogP contribution in [0.4, 0.5) is 0 Å². The molecule has 0 aliphatic heterocycles. The highest BCUT2D eigenvalue weighted by Crippen LogP contribution is 2.40. The summed E-state index contributed by atoms with van der Waals surface area (Å²) in [5.41, 5.74) is 1.59. The maximum absolute atomic E-state index is 11.1. The van der Waals surface area contributed by atoms with Gasteiger partial charge in [0.2, 0.25) is 0 Å². The van der Waals surface area contributed by atoms with Gasteiger partial charge in [-0.15, -0.1) is 0 Å². The minimum Gasteiger partial charge on any atom is -0.468 e. The number of carbonyl (C=O) groups is 1. The van der Waals surface area contributed by atoms with Gasteiger partial charge in [0.25, 0.3) is 0 Å². The Kier molecular flexibility index (Phi) is 4.37. The second kappa shape index (κ2) is 6.01. The third kappa shape index (κ3) is 2.91. The van der Waals surface area contributed by atoms with Crippen molar-refractivity contribution in [3.05, 3.63) is 35.9 Å². The molecule has 0 spiro atoms. The molecule has 3 nitrogen and oxygen atoms in total. The first-order valence-corrected chi connectivity index (χ1v) is 6.60. The third-order valence-electron chi connectivity index (χ3n) is 3.91. The summed E-state index contributed by atoms with van der Waals surface area (Å²) >= 11 is 0. The molecule has 3 heteroatoms. The van der Waals surface area contributed by atoms with Gasteiger partial charge in [0.15, 0.2) is 0 Å². The lowest BCUT2D eigenvalue weighted by molar-refractivity contribution is -0.139. The number of methoxy groups -OCH3 is 1. The third-order valence-corrected chi connectivity index (χ3v) is 3.91. The normalized spacial score (nSPS) is 17.6. The van der Waals surface area contributed by atoms with Crippen LogP contribution in [-0.4, -0.2) is 26.2 Å². The van der Waals surface area contributed by atoms with Crippen LogP contribution < -0.4 is 5.32 Å². The fourth-order valence-corrected chi connectivity index (χ4v) is 2.89. The quantitative estimate of drug-likeness (QED) is 0.811. The molecule has 98 valence electrons. The molecule has 1 aromatic carbocycles. The predicted molar refractivity (Wildman–Crippen MR) is 71.5 cm³/mol. The predicted octanol–water partition coefficient (Wildman–Crippen LogP) is 2.26. The highest BCUT2D eigenvalue weighted by molar-refractivity contribution is 5.71. The summed E-state index contributed by atoms with van der Waals surface area (Å²) in [6, 6.07) is 10.6. The molecule has 0 atom stereocenters. The van der Waals surface area contributed by atoms with E-state index in [0.717, 1.165) is 6.54 Å². The summed E-state index contributed by atoms with van der Waals surface area (Å²) in [5.74, 6) is -0.198. The summed E-state index contributed by atoms with van der Waals surface area (Å²) in [4.78, 5) is 11.1. The van der Waals surface area contributed by atoms with E-state index in [1.54, 1.807) is 0 Å². The standard InChI is InChI=1S/C15H21NO2/c1-18-14(17)11-16-12-15(9-5-6-10-15)13-7-3-2-4-8-13/h2-4,7-8,16H,5-6,9-12H2,1H3. The number of hydrogen-bond donors (Lipinski definition) is 1. The summed E-state index contributed by atoms with van der Waals surface area (Å²) in [7, 11) is 1.42. The zero-order valence-corrected chi connectivity index (χ0v) is 10.9. The van der Waals surface area contributed by atoms with E-state index in [9.17, 15) is 4.79 Å². The van der Waals surface area contributed by atoms with Crippen LogP contribution in [0.25, 0.3) is 0 Å². The lowest BCUT2D eigenvalue weighted by Crippen LogP contribution is -2.38. The first-order valence-electron chi connectivity index (χ1n) is 6.60. The number of hydrogen-bond acceptors (Lipinski definition) is 3. The first-order chi connectivity index (χ1) is 8.77. The van der Waals surface area contributed by atoms with E-state index in [0.29, 0.717) is 6.54 Å². The van der Waals surface area contributed by atoms with Crippen LogP contribution in [0.2, 0.25) is 0 Å². The summed E-state index contributed by atoms with van der Waals surface area (Å²) in [6.45, 7) is 1.15. The SMILES string of the molecule is COC(=O)CNCC1(c2ccccc2)CCCC1. The molecule has 0 amide bonds. The number of nitrogens with one attached hydrogen (secondary N) is 1. The molecule has 1 aliphatic carbocycles. The Labute approximate surface area is 109 Å². The van der Waals surface area contributed by atoms with Crippen molar-refractivity contribution in [1.82, 2.24) is 5.32 Å². The van der Waals surface area contributed by atoms with Crippen molar-refractivity contribution < 1.29 is 9.53 Å². The van der Waals surface area contributed by atoms with E-state index in [2.05, 4.69) is 34.3 Å². The molecule has 2 rings (SSSR count). The van der Waals surface area contributed by atoms with Gasteiger partial charge in [-0.3, -0.25) is 4.79 Å². The Balaban J connectivity index is 2.02. The number of ether oxygens (including phenoxy) is 1. The first kappa shape index (κ1) is 13.1. The Bertz CT molecular complexity index is 383. The second-order valence-electron chi connectivity index (χ2n) is 5.03. The monoisotopic (exact) mass is 247 g/mol. The second-order valence-corrected chi connectivity index (χ2v) is 5.03. The topological polar surface area (TPSA) is 38.3 Å². The Morgan fingerprint density at radius 2 is 1.94 bits per heavy atom. The maximum Gasteiger partial charge on any atom is 0.319 e. The highest BCUT2D eigenvalue weighted by atomic mass is 16.5. The molecule has 1 N–H and O–H groups in total. The molecule has 0 unspecified atom stereocenters. The molecule has 0 heterocycles. The van der Waals surface area contributed by atoms with Gasteiger partial charge in [-0.1, -0.05) is 43.2 Å². The van der Waals surface area contributed by atoms with Crippen LogP contribution in [-0.2, 0) is 14.9 Å². The molecule has 1 saturated carbocycles. The van der Waals surface area contributed by atoms with Gasteiger partial charge in [-0.25, -0.2) is 0 Å². The zero-order chi connectivity index (χ0) is 12.8. The Morgan fingerprint density at radius 1 is 1.28 bits per heavy atom. The maximum atomic E-state index is 11.1. The van der Waals surface area contributed by atoms with E-state index in [-0.39, 0.29) is 11.4 Å². The van der Waals surface area contributed by atoms with Gasteiger partial charge in [-0.2, -0.15) is 0 Å². The van der Waals surface area contributed by atoms with Crippen molar-refractivity contribution in [2.45, 2.75) is 31.1 Å². The molecule has 0 bridgehead atoms. The van der Waals surface area contributed by atoms with Gasteiger partial charge in [0.05, 0.1) is 13.7 Å². The highest BCUT2D eigenvalue weighted by Gasteiger charge is 2.35. The smallest absolute Gasteiger partial charge is 0.319 e. The molecule has 0 saturated heterocycles. The summed E-state index contributed by atoms with van der Waals surface area (Å²) in [5, 5.41) is 3.24. The summed E-state index contributed by atoms with van der Waals surface area (Å²) < 4.78 is 4.65. The molecule has 18 heavy (non-hydrogen) atoms. The molecular weight excluding hydrogens is 226 g/mol. The van der Waals surface area contributed by atoms with Crippen LogP contribution >= 0.6 is 0 Å². The van der Waals surface area contributed by atoms with Gasteiger partial charge in [-0.05, 0) is 18.4 Å². The van der Waals surface area contributed by atoms with Crippen LogP contribution in [0.1, 0.15) is 31.2 Å². The number of rotatable bonds is 5. The van der Waals surface area contributed by atoms with Crippen LogP contribution in [0.3, 0.4) is 0 Å². The van der Waals surface area contributed by atoms with E-state index in [4.69, 9.17) is 0 Å². The van der Waals surface area contributed by atoms with Gasteiger partial charge in [0, 0.05) is 12.0 Å². The minimum atomic E-state index is -0.198. The molecule has 1 aromatic rings. The molecule has 1 fully saturated rings. The largest absolute Gasteiger partial charge is 0.468 e. The fourth-order valence-electron chi connectivity index (χ4n) is 2.89. The van der Waals surface area contributed by atoms with E-state index in [1.165, 1.54) is 38.4 Å².